The lowest BCUT2D eigenvalue weighted by molar-refractivity contribution is 0.0637. The van der Waals surface area contributed by atoms with E-state index >= 15 is 0 Å². The van der Waals surface area contributed by atoms with Crippen LogP contribution in [0.4, 0.5) is 0 Å². The first-order chi connectivity index (χ1) is 17.6. The van der Waals surface area contributed by atoms with Crippen LogP contribution >= 0.6 is 11.3 Å². The lowest BCUT2D eigenvalue weighted by Crippen LogP contribution is -2.45. The first-order valence-electron chi connectivity index (χ1n) is 13.0. The lowest BCUT2D eigenvalue weighted by Gasteiger charge is -2.34. The van der Waals surface area contributed by atoms with Gasteiger partial charge in [-0.25, -0.2) is 0 Å². The van der Waals surface area contributed by atoms with Gasteiger partial charge in [-0.2, -0.15) is 0 Å². The number of pyridine rings is 1. The minimum atomic E-state index is 0.175. The SMILES string of the molecule is Cc1ccsc1C(=O)N1CCCC(COc2ccc(CN3CCN(Cc4cccnc4)CC3)cc2)C1. The summed E-state index contributed by atoms with van der Waals surface area (Å²) in [7, 11) is 0. The molecule has 5 rings (SSSR count). The van der Waals surface area contributed by atoms with Crippen molar-refractivity contribution in [3.8, 4) is 5.75 Å². The number of amides is 1. The van der Waals surface area contributed by atoms with Crippen molar-refractivity contribution in [3.05, 3.63) is 81.8 Å². The third-order valence-corrected chi connectivity index (χ3v) is 8.28. The van der Waals surface area contributed by atoms with Crippen LogP contribution in [-0.2, 0) is 13.1 Å². The largest absolute Gasteiger partial charge is 0.493 e. The number of nitrogens with zero attached hydrogens (tertiary/aromatic N) is 4. The van der Waals surface area contributed by atoms with E-state index < -0.39 is 0 Å². The molecule has 6 nitrogen and oxygen atoms in total. The number of carbonyl (C=O) groups is 1. The van der Waals surface area contributed by atoms with Gasteiger partial charge >= 0.3 is 0 Å². The maximum Gasteiger partial charge on any atom is 0.264 e. The monoisotopic (exact) mass is 504 g/mol. The van der Waals surface area contributed by atoms with Gasteiger partial charge in [0.05, 0.1) is 11.5 Å². The van der Waals surface area contributed by atoms with Crippen molar-refractivity contribution in [3.63, 3.8) is 0 Å². The first-order valence-corrected chi connectivity index (χ1v) is 13.9. The molecule has 0 spiro atoms. The zero-order chi connectivity index (χ0) is 24.7. The van der Waals surface area contributed by atoms with Crippen molar-refractivity contribution in [2.45, 2.75) is 32.9 Å². The van der Waals surface area contributed by atoms with Crippen LogP contribution in [0.5, 0.6) is 5.75 Å². The summed E-state index contributed by atoms with van der Waals surface area (Å²) in [5.41, 5.74) is 3.69. The summed E-state index contributed by atoms with van der Waals surface area (Å²) in [5, 5.41) is 2.00. The summed E-state index contributed by atoms with van der Waals surface area (Å²) in [5.74, 6) is 1.47. The van der Waals surface area contributed by atoms with E-state index in [9.17, 15) is 4.79 Å². The molecule has 2 aliphatic heterocycles. The predicted molar refractivity (Wildman–Crippen MR) is 144 cm³/mol. The van der Waals surface area contributed by atoms with Gasteiger partial charge in [0, 0.05) is 70.7 Å². The summed E-state index contributed by atoms with van der Waals surface area (Å²) in [6, 6.07) is 14.7. The average Bonchev–Trinajstić information content (AvgIpc) is 3.35. The molecule has 4 heterocycles. The average molecular weight is 505 g/mol. The molecule has 0 aliphatic carbocycles. The van der Waals surface area contributed by atoms with Crippen LogP contribution < -0.4 is 4.74 Å². The number of aromatic nitrogens is 1. The molecule has 0 bridgehead atoms. The van der Waals surface area contributed by atoms with E-state index in [1.54, 1.807) is 11.3 Å². The van der Waals surface area contributed by atoms with E-state index in [-0.39, 0.29) is 5.91 Å². The Bertz CT molecular complexity index is 1110. The number of ether oxygens (including phenoxy) is 1. The minimum absolute atomic E-state index is 0.175. The van der Waals surface area contributed by atoms with Gasteiger partial charge in [0.1, 0.15) is 5.75 Å². The van der Waals surface area contributed by atoms with Crippen LogP contribution in [0.3, 0.4) is 0 Å². The molecule has 2 fully saturated rings. The van der Waals surface area contributed by atoms with Gasteiger partial charge in [-0.05, 0) is 66.1 Å². The predicted octanol–water partition coefficient (Wildman–Crippen LogP) is 4.70. The number of rotatable bonds is 8. The van der Waals surface area contributed by atoms with E-state index in [0.717, 1.165) is 81.4 Å². The van der Waals surface area contributed by atoms with Gasteiger partial charge in [-0.3, -0.25) is 19.6 Å². The molecule has 0 saturated carbocycles. The lowest BCUT2D eigenvalue weighted by atomic mass is 9.98. The van der Waals surface area contributed by atoms with Gasteiger partial charge in [0.15, 0.2) is 0 Å². The van der Waals surface area contributed by atoms with Crippen molar-refractivity contribution in [1.82, 2.24) is 19.7 Å². The van der Waals surface area contributed by atoms with Crippen molar-refractivity contribution >= 4 is 17.2 Å². The number of piperazine rings is 1. The standard InChI is InChI=1S/C29H36N4O2S/c1-23-10-17-36-28(23)29(34)33-12-3-5-26(21-33)22-35-27-8-6-24(7-9-27)19-31-13-15-32(16-14-31)20-25-4-2-11-30-18-25/h2,4,6-11,17-18,26H,3,5,12-16,19-22H2,1H3. The van der Waals surface area contributed by atoms with Crippen molar-refractivity contribution in [2.24, 2.45) is 5.92 Å². The molecule has 0 N–H and O–H groups in total. The molecule has 36 heavy (non-hydrogen) atoms. The smallest absolute Gasteiger partial charge is 0.264 e. The molecule has 1 atom stereocenters. The zero-order valence-electron chi connectivity index (χ0n) is 21.1. The number of carbonyl (C=O) groups excluding carboxylic acids is 1. The third kappa shape index (κ3) is 6.52. The third-order valence-electron chi connectivity index (χ3n) is 7.27. The number of piperidine rings is 1. The summed E-state index contributed by atoms with van der Waals surface area (Å²) in [6.07, 6.45) is 5.94. The number of likely N-dealkylation sites (tertiary alicyclic amines) is 1. The van der Waals surface area contributed by atoms with Crippen LogP contribution in [0.1, 0.15) is 39.2 Å². The van der Waals surface area contributed by atoms with Gasteiger partial charge < -0.3 is 9.64 Å². The molecule has 2 aliphatic rings. The second-order valence-corrected chi connectivity index (χ2v) is 11.0. The maximum absolute atomic E-state index is 12.9. The van der Waals surface area contributed by atoms with Crippen LogP contribution in [0.15, 0.2) is 60.2 Å². The molecule has 190 valence electrons. The van der Waals surface area contributed by atoms with Crippen LogP contribution in [-0.4, -0.2) is 71.5 Å². The molecule has 1 unspecified atom stereocenters. The quantitative estimate of drug-likeness (QED) is 0.445. The summed E-state index contributed by atoms with van der Waals surface area (Å²) in [6.45, 7) is 10.6. The molecule has 2 aromatic heterocycles. The van der Waals surface area contributed by atoms with E-state index in [1.807, 2.05) is 41.7 Å². The highest BCUT2D eigenvalue weighted by Gasteiger charge is 2.26. The number of thiophene rings is 1. The number of hydrogen-bond donors (Lipinski definition) is 0. The van der Waals surface area contributed by atoms with Crippen LogP contribution in [0.25, 0.3) is 0 Å². The fourth-order valence-corrected chi connectivity index (χ4v) is 6.03. The Morgan fingerprint density at radius 1 is 1.00 bits per heavy atom. The van der Waals surface area contributed by atoms with Gasteiger partial charge in [0.25, 0.3) is 5.91 Å². The molecule has 1 amide bonds. The van der Waals surface area contributed by atoms with Gasteiger partial charge in [-0.15, -0.1) is 11.3 Å². The molecule has 7 heteroatoms. The number of aryl methyl sites for hydroxylation is 1. The Hall–Kier alpha value is -2.74. The van der Waals surface area contributed by atoms with Crippen LogP contribution in [0.2, 0.25) is 0 Å². The first kappa shape index (κ1) is 24.9. The zero-order valence-corrected chi connectivity index (χ0v) is 22.0. The topological polar surface area (TPSA) is 48.9 Å². The Balaban J connectivity index is 1.05. The molecule has 3 aromatic rings. The Labute approximate surface area is 218 Å². The minimum Gasteiger partial charge on any atom is -0.493 e. The fourth-order valence-electron chi connectivity index (χ4n) is 5.14. The summed E-state index contributed by atoms with van der Waals surface area (Å²) >= 11 is 1.55. The van der Waals surface area contributed by atoms with Crippen molar-refractivity contribution < 1.29 is 9.53 Å². The molecule has 0 radical (unpaired) electrons. The van der Waals surface area contributed by atoms with E-state index in [1.165, 1.54) is 11.1 Å². The van der Waals surface area contributed by atoms with Crippen LogP contribution in [0, 0.1) is 12.8 Å². The van der Waals surface area contributed by atoms with E-state index in [4.69, 9.17) is 4.74 Å². The highest BCUT2D eigenvalue weighted by Crippen LogP contribution is 2.24. The Morgan fingerprint density at radius 3 is 2.42 bits per heavy atom. The van der Waals surface area contributed by atoms with E-state index in [0.29, 0.717) is 12.5 Å². The van der Waals surface area contributed by atoms with Gasteiger partial charge in [-0.1, -0.05) is 18.2 Å². The normalized spacial score (nSPS) is 19.4. The maximum atomic E-state index is 12.9. The molecule has 1 aromatic carbocycles. The Kier molecular flexibility index (Phi) is 8.31. The van der Waals surface area contributed by atoms with Crippen molar-refractivity contribution in [2.75, 3.05) is 45.9 Å². The van der Waals surface area contributed by atoms with E-state index in [2.05, 4.69) is 45.1 Å². The molecule has 2 saturated heterocycles. The highest BCUT2D eigenvalue weighted by atomic mass is 32.1. The molecular weight excluding hydrogens is 468 g/mol. The Morgan fingerprint density at radius 2 is 1.75 bits per heavy atom. The summed E-state index contributed by atoms with van der Waals surface area (Å²) in [4.78, 5) is 25.0. The highest BCUT2D eigenvalue weighted by molar-refractivity contribution is 7.12. The fraction of sp³-hybridized carbons (Fsp3) is 0.448. The van der Waals surface area contributed by atoms with Crippen molar-refractivity contribution in [1.29, 1.82) is 0 Å². The number of benzene rings is 1. The summed E-state index contributed by atoms with van der Waals surface area (Å²) < 4.78 is 6.14. The second-order valence-electron chi connectivity index (χ2n) is 10.1. The second kappa shape index (κ2) is 12.0. The van der Waals surface area contributed by atoms with Gasteiger partial charge in [0.2, 0.25) is 0 Å². The molecular formula is C29H36N4O2S. The number of hydrogen-bond acceptors (Lipinski definition) is 6.